The van der Waals surface area contributed by atoms with Crippen molar-refractivity contribution in [1.29, 1.82) is 0 Å². The van der Waals surface area contributed by atoms with Gasteiger partial charge in [-0.05, 0) is 59.0 Å². The van der Waals surface area contributed by atoms with E-state index in [1.54, 1.807) is 6.07 Å². The van der Waals surface area contributed by atoms with E-state index in [2.05, 4.69) is 4.72 Å². The van der Waals surface area contributed by atoms with E-state index in [-0.39, 0.29) is 15.6 Å². The van der Waals surface area contributed by atoms with E-state index in [9.17, 15) is 17.2 Å². The zero-order valence-corrected chi connectivity index (χ0v) is 13.4. The predicted octanol–water partition coefficient (Wildman–Crippen LogP) is 4.02. The van der Waals surface area contributed by atoms with Gasteiger partial charge in [0, 0.05) is 3.57 Å². The summed E-state index contributed by atoms with van der Waals surface area (Å²) in [6.45, 7) is 0. The van der Waals surface area contributed by atoms with Crippen LogP contribution in [0.2, 0.25) is 5.02 Å². The molecule has 3 nitrogen and oxygen atoms in total. The van der Waals surface area contributed by atoms with Crippen LogP contribution < -0.4 is 4.72 Å². The molecule has 0 radical (unpaired) electrons. The average molecular weight is 430 g/mol. The molecule has 0 aromatic heterocycles. The first-order valence-corrected chi connectivity index (χ1v) is 8.16. The van der Waals surface area contributed by atoms with Crippen LogP contribution in [-0.4, -0.2) is 8.42 Å². The maximum absolute atomic E-state index is 13.6. The van der Waals surface area contributed by atoms with Crippen molar-refractivity contribution in [3.05, 3.63) is 56.6 Å². The first-order valence-electron chi connectivity index (χ1n) is 5.22. The second-order valence-electron chi connectivity index (χ2n) is 3.81. The largest absolute Gasteiger partial charge is 0.277 e. The molecule has 106 valence electrons. The van der Waals surface area contributed by atoms with Crippen LogP contribution in [0.1, 0.15) is 0 Å². The third kappa shape index (κ3) is 3.39. The fourth-order valence-corrected chi connectivity index (χ4v) is 3.21. The van der Waals surface area contributed by atoms with Crippen LogP contribution in [0, 0.1) is 15.2 Å². The number of halogens is 4. The van der Waals surface area contributed by atoms with Gasteiger partial charge in [-0.2, -0.15) is 0 Å². The Morgan fingerprint density at radius 2 is 1.75 bits per heavy atom. The maximum atomic E-state index is 13.6. The number of benzene rings is 2. The Balaban J connectivity index is 2.38. The van der Waals surface area contributed by atoms with Crippen LogP contribution in [0.15, 0.2) is 41.3 Å². The Kier molecular flexibility index (Phi) is 4.50. The molecule has 0 saturated carbocycles. The number of hydrogen-bond donors (Lipinski definition) is 1. The summed E-state index contributed by atoms with van der Waals surface area (Å²) in [7, 11) is -4.03. The second kappa shape index (κ2) is 5.82. The molecule has 0 aliphatic heterocycles. The van der Waals surface area contributed by atoms with Crippen LogP contribution in [0.3, 0.4) is 0 Å². The molecular formula is C12H7ClF2INO2S. The van der Waals surface area contributed by atoms with E-state index in [1.165, 1.54) is 12.1 Å². The normalized spacial score (nSPS) is 11.4. The van der Waals surface area contributed by atoms with Gasteiger partial charge in [-0.25, -0.2) is 17.2 Å². The number of rotatable bonds is 3. The quantitative estimate of drug-likeness (QED) is 0.749. The minimum absolute atomic E-state index is 0.189. The Bertz CT molecular complexity index is 768. The maximum Gasteiger partial charge on any atom is 0.262 e. The van der Waals surface area contributed by atoms with Gasteiger partial charge in [-0.3, -0.25) is 4.72 Å². The molecule has 8 heteroatoms. The van der Waals surface area contributed by atoms with Crippen LogP contribution in [0.25, 0.3) is 0 Å². The Morgan fingerprint density at radius 3 is 2.35 bits per heavy atom. The molecule has 0 bridgehead atoms. The zero-order chi connectivity index (χ0) is 14.9. The first kappa shape index (κ1) is 15.5. The lowest BCUT2D eigenvalue weighted by Crippen LogP contribution is -2.14. The molecular weight excluding hydrogens is 423 g/mol. The van der Waals surface area contributed by atoms with Gasteiger partial charge in [0.2, 0.25) is 0 Å². The van der Waals surface area contributed by atoms with Gasteiger partial charge in [0.25, 0.3) is 10.0 Å². The lowest BCUT2D eigenvalue weighted by molar-refractivity contribution is 0.597. The van der Waals surface area contributed by atoms with Gasteiger partial charge < -0.3 is 0 Å². The molecule has 20 heavy (non-hydrogen) atoms. The molecule has 0 atom stereocenters. The summed E-state index contributed by atoms with van der Waals surface area (Å²) in [5.74, 6) is -1.43. The van der Waals surface area contributed by atoms with Crippen LogP contribution in [-0.2, 0) is 10.0 Å². The molecule has 0 aliphatic rings. The Morgan fingerprint density at radius 1 is 1.05 bits per heavy atom. The fraction of sp³-hybridized carbons (Fsp3) is 0. The SMILES string of the molecule is O=S(=O)(Nc1ccc(I)cc1F)c1ccc(F)c(Cl)c1. The van der Waals surface area contributed by atoms with Gasteiger partial charge in [0.1, 0.15) is 11.6 Å². The summed E-state index contributed by atoms with van der Waals surface area (Å²) in [5, 5.41) is -0.323. The van der Waals surface area contributed by atoms with Crippen molar-refractivity contribution in [2.75, 3.05) is 4.72 Å². The summed E-state index contributed by atoms with van der Waals surface area (Å²) in [6.07, 6.45) is 0. The standard InChI is InChI=1S/C12H7ClF2INO2S/c13-9-6-8(2-3-10(9)14)20(18,19)17-12-4-1-7(16)5-11(12)15/h1-6,17H. The number of hydrogen-bond acceptors (Lipinski definition) is 2. The lowest BCUT2D eigenvalue weighted by Gasteiger charge is -2.09. The predicted molar refractivity (Wildman–Crippen MR) is 81.3 cm³/mol. The Labute approximate surface area is 133 Å². The molecule has 0 fully saturated rings. The van der Waals surface area contributed by atoms with Crippen molar-refractivity contribution in [3.8, 4) is 0 Å². The number of sulfonamides is 1. The summed E-state index contributed by atoms with van der Waals surface area (Å²) < 4.78 is 53.4. The van der Waals surface area contributed by atoms with E-state index in [1.807, 2.05) is 22.6 Å². The van der Waals surface area contributed by atoms with E-state index in [0.717, 1.165) is 18.2 Å². The molecule has 0 aliphatic carbocycles. The van der Waals surface area contributed by atoms with E-state index < -0.39 is 21.7 Å². The smallest absolute Gasteiger partial charge is 0.262 e. The fourth-order valence-electron chi connectivity index (χ4n) is 1.42. The second-order valence-corrected chi connectivity index (χ2v) is 7.14. The zero-order valence-electron chi connectivity index (χ0n) is 9.70. The third-order valence-electron chi connectivity index (χ3n) is 2.38. The minimum atomic E-state index is -4.03. The van der Waals surface area contributed by atoms with Gasteiger partial charge in [0.15, 0.2) is 0 Å². The van der Waals surface area contributed by atoms with Crippen molar-refractivity contribution in [3.63, 3.8) is 0 Å². The molecule has 2 aromatic carbocycles. The van der Waals surface area contributed by atoms with Gasteiger partial charge in [-0.1, -0.05) is 11.6 Å². The Hall–Kier alpha value is -0.930. The first-order chi connectivity index (χ1) is 9.29. The highest BCUT2D eigenvalue weighted by Gasteiger charge is 2.17. The highest BCUT2D eigenvalue weighted by atomic mass is 127. The van der Waals surface area contributed by atoms with Gasteiger partial charge in [0.05, 0.1) is 15.6 Å². The van der Waals surface area contributed by atoms with Crippen molar-refractivity contribution < 1.29 is 17.2 Å². The summed E-state index contributed by atoms with van der Waals surface area (Å²) >= 11 is 7.44. The summed E-state index contributed by atoms with van der Waals surface area (Å²) in [6, 6.07) is 6.99. The topological polar surface area (TPSA) is 46.2 Å². The van der Waals surface area contributed by atoms with Crippen molar-refractivity contribution in [2.45, 2.75) is 4.90 Å². The van der Waals surface area contributed by atoms with Crippen LogP contribution in [0.4, 0.5) is 14.5 Å². The lowest BCUT2D eigenvalue weighted by atomic mass is 10.3. The minimum Gasteiger partial charge on any atom is -0.277 e. The molecule has 0 unspecified atom stereocenters. The van der Waals surface area contributed by atoms with Gasteiger partial charge >= 0.3 is 0 Å². The third-order valence-corrected chi connectivity index (χ3v) is 4.70. The van der Waals surface area contributed by atoms with Crippen LogP contribution in [0.5, 0.6) is 0 Å². The molecule has 1 N–H and O–H groups in total. The van der Waals surface area contributed by atoms with Gasteiger partial charge in [-0.15, -0.1) is 0 Å². The molecule has 2 rings (SSSR count). The molecule has 0 heterocycles. The molecule has 0 spiro atoms. The van der Waals surface area contributed by atoms with E-state index in [4.69, 9.17) is 11.6 Å². The monoisotopic (exact) mass is 429 g/mol. The van der Waals surface area contributed by atoms with Crippen molar-refractivity contribution in [2.24, 2.45) is 0 Å². The van der Waals surface area contributed by atoms with E-state index in [0.29, 0.717) is 3.57 Å². The van der Waals surface area contributed by atoms with Crippen molar-refractivity contribution in [1.82, 2.24) is 0 Å². The van der Waals surface area contributed by atoms with Crippen molar-refractivity contribution >= 4 is 49.9 Å². The highest BCUT2D eigenvalue weighted by Crippen LogP contribution is 2.23. The average Bonchev–Trinajstić information content (AvgIpc) is 2.36. The summed E-state index contributed by atoms with van der Waals surface area (Å²) in [5.41, 5.74) is -0.189. The van der Waals surface area contributed by atoms with E-state index >= 15 is 0 Å². The number of nitrogens with one attached hydrogen (secondary N) is 1. The molecule has 0 amide bonds. The molecule has 0 saturated heterocycles. The van der Waals surface area contributed by atoms with Crippen LogP contribution >= 0.6 is 34.2 Å². The molecule has 2 aromatic rings. The number of anilines is 1. The highest BCUT2D eigenvalue weighted by molar-refractivity contribution is 14.1. The summed E-state index contributed by atoms with van der Waals surface area (Å²) in [4.78, 5) is -0.248.